The van der Waals surface area contributed by atoms with Crippen molar-refractivity contribution in [3.8, 4) is 34.1 Å². The van der Waals surface area contributed by atoms with E-state index in [4.69, 9.17) is 14.5 Å². The number of hydrogen-bond donors (Lipinski definition) is 1. The standard InChI is InChI=1S/C28H27FN6O3/c1-3-26(36)34-10-8-20(9-11-34)31-22-16-38-23-13-17(4-5-21(22)23)27-28(18-12-19(29)15-30-14-18)35-24(32-27)6-7-25(33-35)37-2/h3-7,12-15,20,22,31H,1,8-11,16H2,2H3/t22-/m0/s1. The molecule has 3 aromatic heterocycles. The minimum Gasteiger partial charge on any atom is -0.491 e. The second-order valence-electron chi connectivity index (χ2n) is 9.43. The molecule has 5 heterocycles. The van der Waals surface area contributed by atoms with Gasteiger partial charge in [-0.2, -0.15) is 0 Å². The number of likely N-dealkylation sites (tertiary alicyclic amines) is 1. The topological polar surface area (TPSA) is 93.9 Å². The van der Waals surface area contributed by atoms with Gasteiger partial charge in [0.05, 0.1) is 25.0 Å². The molecule has 0 radical (unpaired) electrons. The van der Waals surface area contributed by atoms with Gasteiger partial charge in [0.1, 0.15) is 23.9 Å². The minimum atomic E-state index is -0.447. The van der Waals surface area contributed by atoms with Crippen LogP contribution in [0.5, 0.6) is 11.6 Å². The summed E-state index contributed by atoms with van der Waals surface area (Å²) >= 11 is 0. The number of benzene rings is 1. The zero-order valence-corrected chi connectivity index (χ0v) is 20.9. The number of fused-ring (bicyclic) bond motifs is 2. The van der Waals surface area contributed by atoms with Crippen molar-refractivity contribution in [1.29, 1.82) is 0 Å². The number of aromatic nitrogens is 4. The van der Waals surface area contributed by atoms with Crippen molar-refractivity contribution in [1.82, 2.24) is 29.8 Å². The predicted octanol–water partition coefficient (Wildman–Crippen LogP) is 3.81. The SMILES string of the molecule is C=CC(=O)N1CCC(N[C@H]2COc3cc(-c4nc5ccc(OC)nn5c4-c4cncc(F)c4)ccc32)CC1. The molecule has 1 fully saturated rings. The number of hydrogen-bond acceptors (Lipinski definition) is 7. The Morgan fingerprint density at radius 1 is 1.18 bits per heavy atom. The molecule has 1 saturated heterocycles. The van der Waals surface area contributed by atoms with E-state index < -0.39 is 5.82 Å². The molecule has 10 heteroatoms. The van der Waals surface area contributed by atoms with Gasteiger partial charge in [-0.15, -0.1) is 5.10 Å². The predicted molar refractivity (Wildman–Crippen MR) is 139 cm³/mol. The maximum atomic E-state index is 14.1. The molecule has 0 bridgehead atoms. The largest absolute Gasteiger partial charge is 0.491 e. The summed E-state index contributed by atoms with van der Waals surface area (Å²) in [6, 6.07) is 11.3. The van der Waals surface area contributed by atoms with E-state index in [1.165, 1.54) is 12.1 Å². The second-order valence-corrected chi connectivity index (χ2v) is 9.43. The van der Waals surface area contributed by atoms with Crippen molar-refractivity contribution < 1.29 is 18.7 Å². The first-order valence-corrected chi connectivity index (χ1v) is 12.5. The second kappa shape index (κ2) is 9.86. The van der Waals surface area contributed by atoms with E-state index >= 15 is 0 Å². The summed E-state index contributed by atoms with van der Waals surface area (Å²) in [6.07, 6.45) is 5.89. The number of carbonyl (C=O) groups is 1. The Labute approximate surface area is 218 Å². The van der Waals surface area contributed by atoms with Gasteiger partial charge in [0.15, 0.2) is 5.65 Å². The molecular formula is C28H27FN6O3. The average molecular weight is 515 g/mol. The van der Waals surface area contributed by atoms with E-state index in [1.54, 1.807) is 23.9 Å². The fourth-order valence-corrected chi connectivity index (χ4v) is 5.20. The fraction of sp³-hybridized carbons (Fsp3) is 0.286. The lowest BCUT2D eigenvalue weighted by Gasteiger charge is -2.33. The van der Waals surface area contributed by atoms with Crippen LogP contribution in [-0.4, -0.2) is 63.2 Å². The average Bonchev–Trinajstić information content (AvgIpc) is 3.53. The van der Waals surface area contributed by atoms with Crippen molar-refractivity contribution in [2.45, 2.75) is 24.9 Å². The number of rotatable bonds is 6. The van der Waals surface area contributed by atoms with Gasteiger partial charge in [-0.25, -0.2) is 13.9 Å². The smallest absolute Gasteiger partial charge is 0.245 e. The number of imidazole rings is 1. The number of carbonyl (C=O) groups excluding carboxylic acids is 1. The molecule has 4 aromatic rings. The fourth-order valence-electron chi connectivity index (χ4n) is 5.20. The molecule has 0 saturated carbocycles. The molecule has 0 spiro atoms. The number of nitrogens with zero attached hydrogens (tertiary/aromatic N) is 5. The summed E-state index contributed by atoms with van der Waals surface area (Å²) in [5.74, 6) is 0.736. The highest BCUT2D eigenvalue weighted by atomic mass is 19.1. The first-order chi connectivity index (χ1) is 18.5. The van der Waals surface area contributed by atoms with Crippen LogP contribution in [0.25, 0.3) is 28.2 Å². The molecular weight excluding hydrogens is 487 g/mol. The van der Waals surface area contributed by atoms with Crippen molar-refractivity contribution >= 4 is 11.6 Å². The molecule has 6 rings (SSSR count). The van der Waals surface area contributed by atoms with Gasteiger partial charge >= 0.3 is 0 Å². The van der Waals surface area contributed by atoms with E-state index in [0.29, 0.717) is 54.2 Å². The van der Waals surface area contributed by atoms with Crippen LogP contribution < -0.4 is 14.8 Å². The van der Waals surface area contributed by atoms with Crippen molar-refractivity contribution in [2.24, 2.45) is 0 Å². The number of nitrogens with one attached hydrogen (secondary N) is 1. The highest BCUT2D eigenvalue weighted by Crippen LogP contribution is 2.39. The molecule has 1 N–H and O–H groups in total. The van der Waals surface area contributed by atoms with Crippen molar-refractivity contribution in [2.75, 3.05) is 26.8 Å². The van der Waals surface area contributed by atoms with Crippen LogP contribution >= 0.6 is 0 Å². The van der Waals surface area contributed by atoms with E-state index in [0.717, 1.165) is 35.9 Å². The lowest BCUT2D eigenvalue weighted by molar-refractivity contribution is -0.127. The number of methoxy groups -OCH3 is 1. The van der Waals surface area contributed by atoms with E-state index in [2.05, 4.69) is 28.0 Å². The van der Waals surface area contributed by atoms with Gasteiger partial charge in [0.2, 0.25) is 11.8 Å². The van der Waals surface area contributed by atoms with E-state index in [9.17, 15) is 9.18 Å². The number of piperidine rings is 1. The van der Waals surface area contributed by atoms with Gasteiger partial charge in [0.25, 0.3) is 0 Å². The molecule has 1 atom stereocenters. The molecule has 1 aromatic carbocycles. The van der Waals surface area contributed by atoms with Gasteiger partial charge in [0, 0.05) is 48.1 Å². The molecule has 0 aliphatic carbocycles. The lowest BCUT2D eigenvalue weighted by Crippen LogP contribution is -2.45. The van der Waals surface area contributed by atoms with E-state index in [1.807, 2.05) is 23.1 Å². The molecule has 1 amide bonds. The quantitative estimate of drug-likeness (QED) is 0.391. The van der Waals surface area contributed by atoms with Crippen LogP contribution in [0.3, 0.4) is 0 Å². The Hall–Kier alpha value is -4.31. The number of pyridine rings is 1. The summed E-state index contributed by atoms with van der Waals surface area (Å²) in [4.78, 5) is 22.6. The first kappa shape index (κ1) is 24.1. The van der Waals surface area contributed by atoms with Gasteiger partial charge < -0.3 is 19.7 Å². The third-order valence-corrected chi connectivity index (χ3v) is 7.13. The summed E-state index contributed by atoms with van der Waals surface area (Å²) in [5, 5.41) is 8.23. The van der Waals surface area contributed by atoms with Crippen LogP contribution in [0.15, 0.2) is 61.4 Å². The third kappa shape index (κ3) is 4.37. The van der Waals surface area contributed by atoms with Crippen LogP contribution in [0.1, 0.15) is 24.4 Å². The summed E-state index contributed by atoms with van der Waals surface area (Å²) in [6.45, 7) is 5.53. The Balaban J connectivity index is 1.30. The third-order valence-electron chi connectivity index (χ3n) is 7.13. The molecule has 38 heavy (non-hydrogen) atoms. The number of ether oxygens (including phenoxy) is 2. The van der Waals surface area contributed by atoms with Crippen LogP contribution in [0.2, 0.25) is 0 Å². The lowest BCUT2D eigenvalue weighted by atomic mass is 9.99. The Morgan fingerprint density at radius 2 is 2.03 bits per heavy atom. The molecule has 2 aliphatic rings. The van der Waals surface area contributed by atoms with Gasteiger partial charge in [-0.3, -0.25) is 9.78 Å². The van der Waals surface area contributed by atoms with Crippen molar-refractivity contribution in [3.63, 3.8) is 0 Å². The Kier molecular flexibility index (Phi) is 6.24. The highest BCUT2D eigenvalue weighted by Gasteiger charge is 2.30. The highest BCUT2D eigenvalue weighted by molar-refractivity contribution is 5.87. The summed E-state index contributed by atoms with van der Waals surface area (Å²) in [5.41, 5.74) is 4.30. The number of halogens is 1. The summed E-state index contributed by atoms with van der Waals surface area (Å²) < 4.78 is 27.2. The molecule has 2 aliphatic heterocycles. The summed E-state index contributed by atoms with van der Waals surface area (Å²) in [7, 11) is 1.54. The van der Waals surface area contributed by atoms with E-state index in [-0.39, 0.29) is 11.9 Å². The zero-order valence-electron chi connectivity index (χ0n) is 20.9. The van der Waals surface area contributed by atoms with Crippen molar-refractivity contribution in [3.05, 3.63) is 72.8 Å². The molecule has 9 nitrogen and oxygen atoms in total. The van der Waals surface area contributed by atoms with Crippen LogP contribution in [0, 0.1) is 5.82 Å². The monoisotopic (exact) mass is 514 g/mol. The molecule has 0 unspecified atom stereocenters. The first-order valence-electron chi connectivity index (χ1n) is 12.5. The maximum absolute atomic E-state index is 14.1. The number of amides is 1. The van der Waals surface area contributed by atoms with Crippen LogP contribution in [-0.2, 0) is 4.79 Å². The van der Waals surface area contributed by atoms with Gasteiger partial charge in [-0.05, 0) is 37.1 Å². The van der Waals surface area contributed by atoms with Crippen LogP contribution in [0.4, 0.5) is 4.39 Å². The Morgan fingerprint density at radius 3 is 2.79 bits per heavy atom. The van der Waals surface area contributed by atoms with Gasteiger partial charge in [-0.1, -0.05) is 18.7 Å². The normalized spacial score (nSPS) is 17.3. The minimum absolute atomic E-state index is 0.0143. The Bertz CT molecular complexity index is 1530. The maximum Gasteiger partial charge on any atom is 0.245 e. The molecule has 194 valence electrons. The zero-order chi connectivity index (χ0) is 26.2.